The zero-order chi connectivity index (χ0) is 17.1. The lowest BCUT2D eigenvalue weighted by atomic mass is 10.0. The molecular formula is C20H24BrN2O+. The van der Waals surface area contributed by atoms with Crippen molar-refractivity contribution in [3.8, 4) is 0 Å². The Labute approximate surface area is 152 Å². The van der Waals surface area contributed by atoms with Gasteiger partial charge in [-0.3, -0.25) is 4.79 Å². The van der Waals surface area contributed by atoms with Crippen molar-refractivity contribution in [3.05, 3.63) is 64.1 Å². The molecule has 1 aliphatic heterocycles. The van der Waals surface area contributed by atoms with Gasteiger partial charge in [0.1, 0.15) is 6.04 Å². The smallest absolute Gasteiger partial charge is 0.284 e. The minimum Gasteiger partial charge on any atom is -0.330 e. The summed E-state index contributed by atoms with van der Waals surface area (Å²) in [6, 6.07) is 16.8. The molecule has 0 aromatic heterocycles. The number of benzene rings is 2. The summed E-state index contributed by atoms with van der Waals surface area (Å²) in [7, 11) is 0. The molecule has 24 heavy (non-hydrogen) atoms. The number of para-hydroxylation sites is 1. The number of halogens is 1. The number of rotatable bonds is 5. The van der Waals surface area contributed by atoms with Crippen molar-refractivity contribution < 1.29 is 10.1 Å². The molecule has 0 aliphatic carbocycles. The lowest BCUT2D eigenvalue weighted by Gasteiger charge is -2.24. The van der Waals surface area contributed by atoms with Gasteiger partial charge in [0.05, 0.1) is 0 Å². The summed E-state index contributed by atoms with van der Waals surface area (Å²) in [6.45, 7) is 4.99. The molecule has 3 nitrogen and oxygen atoms in total. The summed E-state index contributed by atoms with van der Waals surface area (Å²) in [5.41, 5.74) is 3.62. The van der Waals surface area contributed by atoms with Crippen LogP contribution < -0.4 is 10.2 Å². The predicted molar refractivity (Wildman–Crippen MR) is 101 cm³/mol. The van der Waals surface area contributed by atoms with Crippen molar-refractivity contribution >= 4 is 27.5 Å². The lowest BCUT2D eigenvalue weighted by molar-refractivity contribution is -0.713. The van der Waals surface area contributed by atoms with E-state index >= 15 is 0 Å². The molecule has 1 heterocycles. The quantitative estimate of drug-likeness (QED) is 0.837. The number of amides is 1. The Kier molecular flexibility index (Phi) is 5.36. The number of carbonyl (C=O) groups excluding carboxylic acids is 1. The largest absolute Gasteiger partial charge is 0.330 e. The predicted octanol–water partition coefficient (Wildman–Crippen LogP) is 3.44. The first-order valence-electron chi connectivity index (χ1n) is 8.60. The fourth-order valence-electron chi connectivity index (χ4n) is 3.44. The Morgan fingerprint density at radius 1 is 1.21 bits per heavy atom. The summed E-state index contributed by atoms with van der Waals surface area (Å²) in [5, 5.41) is 2.20. The number of hydrogen-bond donors (Lipinski definition) is 1. The fourth-order valence-corrected chi connectivity index (χ4v) is 3.70. The average Bonchev–Trinajstić information content (AvgIpc) is 3.03. The van der Waals surface area contributed by atoms with E-state index in [0.717, 1.165) is 29.5 Å². The number of nitrogens with zero attached hydrogens (tertiary/aromatic N) is 1. The van der Waals surface area contributed by atoms with Gasteiger partial charge in [0.2, 0.25) is 0 Å². The Hall–Kier alpha value is -1.65. The molecule has 0 saturated heterocycles. The summed E-state index contributed by atoms with van der Waals surface area (Å²) < 4.78 is 1.08. The van der Waals surface area contributed by atoms with Crippen LogP contribution in [0.4, 0.5) is 5.69 Å². The third-order valence-electron chi connectivity index (χ3n) is 4.80. The molecule has 2 aromatic carbocycles. The first kappa shape index (κ1) is 17.2. The van der Waals surface area contributed by atoms with Gasteiger partial charge in [0, 0.05) is 28.7 Å². The van der Waals surface area contributed by atoms with E-state index in [1.54, 1.807) is 0 Å². The molecular weight excluding hydrogens is 364 g/mol. The third-order valence-corrected chi connectivity index (χ3v) is 5.33. The third kappa shape index (κ3) is 3.55. The van der Waals surface area contributed by atoms with Crippen LogP contribution in [0.1, 0.15) is 37.4 Å². The molecule has 4 heteroatoms. The number of anilines is 1. The summed E-state index contributed by atoms with van der Waals surface area (Å²) >= 11 is 3.48. The molecule has 126 valence electrons. The van der Waals surface area contributed by atoms with E-state index < -0.39 is 0 Å². The van der Waals surface area contributed by atoms with Crippen molar-refractivity contribution in [2.45, 2.75) is 38.8 Å². The Morgan fingerprint density at radius 3 is 2.62 bits per heavy atom. The van der Waals surface area contributed by atoms with E-state index in [1.165, 1.54) is 11.1 Å². The Bertz CT molecular complexity index is 714. The number of fused-ring (bicyclic) bond motifs is 1. The molecule has 3 rings (SSSR count). The highest BCUT2D eigenvalue weighted by Crippen LogP contribution is 2.27. The standard InChI is InChI=1S/C20H23BrN2O/c1-3-18(15-8-10-17(21)11-9-15)22-14(2)20(24)23-13-12-16-6-4-5-7-19(16)23/h4-11,14,18,22H,3,12-13H2,1-2H3/p+1/t14-,18+/m0/s1. The van der Waals surface area contributed by atoms with Gasteiger partial charge in [-0.2, -0.15) is 0 Å². The second kappa shape index (κ2) is 7.49. The van der Waals surface area contributed by atoms with Crippen molar-refractivity contribution in [2.24, 2.45) is 0 Å². The summed E-state index contributed by atoms with van der Waals surface area (Å²) in [4.78, 5) is 14.9. The number of hydrogen-bond acceptors (Lipinski definition) is 1. The van der Waals surface area contributed by atoms with Crippen LogP contribution in [0.3, 0.4) is 0 Å². The topological polar surface area (TPSA) is 36.9 Å². The normalized spacial score (nSPS) is 15.9. The van der Waals surface area contributed by atoms with Crippen LogP contribution in [0, 0.1) is 0 Å². The molecule has 0 unspecified atom stereocenters. The van der Waals surface area contributed by atoms with Crippen molar-refractivity contribution in [3.63, 3.8) is 0 Å². The van der Waals surface area contributed by atoms with Gasteiger partial charge in [-0.25, -0.2) is 0 Å². The Morgan fingerprint density at radius 2 is 1.92 bits per heavy atom. The zero-order valence-corrected chi connectivity index (χ0v) is 15.8. The van der Waals surface area contributed by atoms with E-state index in [4.69, 9.17) is 0 Å². The van der Waals surface area contributed by atoms with Crippen LogP contribution in [0.5, 0.6) is 0 Å². The Balaban J connectivity index is 1.71. The lowest BCUT2D eigenvalue weighted by Crippen LogP contribution is -2.92. The monoisotopic (exact) mass is 387 g/mol. The van der Waals surface area contributed by atoms with Crippen LogP contribution in [0.25, 0.3) is 0 Å². The minimum absolute atomic E-state index is 0.0928. The molecule has 2 atom stereocenters. The molecule has 0 radical (unpaired) electrons. The average molecular weight is 388 g/mol. The number of quaternary nitrogens is 1. The maximum atomic E-state index is 12.9. The van der Waals surface area contributed by atoms with Crippen molar-refractivity contribution in [2.75, 3.05) is 11.4 Å². The molecule has 0 saturated carbocycles. The summed E-state index contributed by atoms with van der Waals surface area (Å²) in [5.74, 6) is 0.204. The van der Waals surface area contributed by atoms with Gasteiger partial charge in [-0.15, -0.1) is 0 Å². The van der Waals surface area contributed by atoms with Gasteiger partial charge in [0.25, 0.3) is 5.91 Å². The van der Waals surface area contributed by atoms with Gasteiger partial charge in [-0.1, -0.05) is 53.2 Å². The second-order valence-electron chi connectivity index (χ2n) is 6.42. The first-order chi connectivity index (χ1) is 11.6. The van der Waals surface area contributed by atoms with Crippen LogP contribution in [0.15, 0.2) is 53.0 Å². The highest BCUT2D eigenvalue weighted by atomic mass is 79.9. The molecule has 1 amide bonds. The molecule has 0 bridgehead atoms. The number of carbonyl (C=O) groups is 1. The minimum atomic E-state index is -0.0928. The van der Waals surface area contributed by atoms with Gasteiger partial charge in [0.15, 0.2) is 6.04 Å². The van der Waals surface area contributed by atoms with E-state index in [1.807, 2.05) is 24.0 Å². The maximum Gasteiger partial charge on any atom is 0.284 e. The fraction of sp³-hybridized carbons (Fsp3) is 0.350. The van der Waals surface area contributed by atoms with Gasteiger partial charge < -0.3 is 10.2 Å². The number of nitrogens with two attached hydrogens (primary N) is 1. The molecule has 0 spiro atoms. The van der Waals surface area contributed by atoms with E-state index in [-0.39, 0.29) is 11.9 Å². The molecule has 2 aromatic rings. The van der Waals surface area contributed by atoms with Crippen LogP contribution in [-0.4, -0.2) is 18.5 Å². The van der Waals surface area contributed by atoms with E-state index in [0.29, 0.717) is 6.04 Å². The highest BCUT2D eigenvalue weighted by Gasteiger charge is 2.31. The molecule has 1 aliphatic rings. The highest BCUT2D eigenvalue weighted by molar-refractivity contribution is 9.10. The second-order valence-corrected chi connectivity index (χ2v) is 7.33. The van der Waals surface area contributed by atoms with Crippen molar-refractivity contribution in [1.82, 2.24) is 0 Å². The SMILES string of the molecule is CC[C@@H]([NH2+][C@@H](C)C(=O)N1CCc2ccccc21)c1ccc(Br)cc1. The van der Waals surface area contributed by atoms with Crippen LogP contribution in [-0.2, 0) is 11.2 Å². The van der Waals surface area contributed by atoms with Gasteiger partial charge >= 0.3 is 0 Å². The maximum absolute atomic E-state index is 12.9. The van der Waals surface area contributed by atoms with Gasteiger partial charge in [-0.05, 0) is 37.1 Å². The summed E-state index contributed by atoms with van der Waals surface area (Å²) in [6.07, 6.45) is 1.95. The van der Waals surface area contributed by atoms with E-state index in [2.05, 4.69) is 64.6 Å². The molecule has 2 N–H and O–H groups in total. The van der Waals surface area contributed by atoms with E-state index in [9.17, 15) is 4.79 Å². The van der Waals surface area contributed by atoms with Crippen molar-refractivity contribution in [1.29, 1.82) is 0 Å². The van der Waals surface area contributed by atoms with Crippen LogP contribution in [0.2, 0.25) is 0 Å². The zero-order valence-electron chi connectivity index (χ0n) is 14.2. The first-order valence-corrected chi connectivity index (χ1v) is 9.39. The molecule has 0 fully saturated rings. The van der Waals surface area contributed by atoms with Crippen LogP contribution >= 0.6 is 15.9 Å².